The van der Waals surface area contributed by atoms with E-state index in [2.05, 4.69) is 11.6 Å². The minimum absolute atomic E-state index is 0.0730. The minimum atomic E-state index is -3.37. The molecule has 2 aliphatic rings. The Hall–Kier alpha value is -0.170. The molecule has 0 aromatic rings. The quantitative estimate of drug-likeness (QED) is 0.794. The predicted octanol–water partition coefficient (Wildman–Crippen LogP) is 0.714. The van der Waals surface area contributed by atoms with Gasteiger partial charge in [0.1, 0.15) is 0 Å². The third-order valence-electron chi connectivity index (χ3n) is 4.15. The number of nitrogens with one attached hydrogen (secondary N) is 1. The van der Waals surface area contributed by atoms with E-state index in [0.29, 0.717) is 19.0 Å². The van der Waals surface area contributed by atoms with Crippen LogP contribution in [0.2, 0.25) is 0 Å². The zero-order chi connectivity index (χ0) is 13.2. The standard InChI is InChI=1S/C12H24N2O3S/c1-10-4-3-7-14(8-10)18(16,17)13-12-6-2-5-11(12)9-15/h10-13,15H,2-9H2,1H3. The van der Waals surface area contributed by atoms with Crippen LogP contribution < -0.4 is 4.72 Å². The summed E-state index contributed by atoms with van der Waals surface area (Å²) in [6.45, 7) is 3.40. The van der Waals surface area contributed by atoms with Crippen molar-refractivity contribution in [2.45, 2.75) is 45.1 Å². The molecule has 0 bridgehead atoms. The number of piperidine rings is 1. The van der Waals surface area contributed by atoms with Gasteiger partial charge in [-0.2, -0.15) is 17.4 Å². The Morgan fingerprint density at radius 1 is 1.28 bits per heavy atom. The van der Waals surface area contributed by atoms with Gasteiger partial charge in [0.2, 0.25) is 0 Å². The van der Waals surface area contributed by atoms with Crippen LogP contribution in [-0.2, 0) is 10.2 Å². The molecule has 1 aliphatic heterocycles. The van der Waals surface area contributed by atoms with Crippen LogP contribution in [0, 0.1) is 11.8 Å². The first-order valence-corrected chi connectivity index (χ1v) is 8.35. The number of rotatable bonds is 4. The summed E-state index contributed by atoms with van der Waals surface area (Å²) in [5.41, 5.74) is 0. The molecule has 2 rings (SSSR count). The van der Waals surface area contributed by atoms with E-state index in [1.54, 1.807) is 4.31 Å². The fraction of sp³-hybridized carbons (Fsp3) is 1.00. The zero-order valence-electron chi connectivity index (χ0n) is 11.0. The van der Waals surface area contributed by atoms with Gasteiger partial charge < -0.3 is 5.11 Å². The summed E-state index contributed by atoms with van der Waals surface area (Å²) in [5.74, 6) is 0.523. The van der Waals surface area contributed by atoms with E-state index in [-0.39, 0.29) is 18.6 Å². The highest BCUT2D eigenvalue weighted by molar-refractivity contribution is 7.87. The molecule has 18 heavy (non-hydrogen) atoms. The lowest BCUT2D eigenvalue weighted by atomic mass is 10.0. The highest BCUT2D eigenvalue weighted by Gasteiger charge is 2.34. The molecule has 0 aromatic carbocycles. The molecule has 0 aromatic heterocycles. The van der Waals surface area contributed by atoms with Crippen molar-refractivity contribution >= 4 is 10.2 Å². The van der Waals surface area contributed by atoms with Crippen molar-refractivity contribution in [3.8, 4) is 0 Å². The molecule has 5 nitrogen and oxygen atoms in total. The topological polar surface area (TPSA) is 69.6 Å². The SMILES string of the molecule is CC1CCCN(S(=O)(=O)NC2CCCC2CO)C1. The lowest BCUT2D eigenvalue weighted by Crippen LogP contribution is -2.49. The molecule has 3 unspecified atom stereocenters. The van der Waals surface area contributed by atoms with Gasteiger partial charge in [0.05, 0.1) is 0 Å². The second kappa shape index (κ2) is 5.86. The maximum atomic E-state index is 12.3. The highest BCUT2D eigenvalue weighted by atomic mass is 32.2. The summed E-state index contributed by atoms with van der Waals surface area (Å²) >= 11 is 0. The molecule has 3 atom stereocenters. The van der Waals surface area contributed by atoms with Gasteiger partial charge in [-0.3, -0.25) is 0 Å². The monoisotopic (exact) mass is 276 g/mol. The Kier molecular flexibility index (Phi) is 4.64. The van der Waals surface area contributed by atoms with E-state index in [1.807, 2.05) is 0 Å². The average molecular weight is 276 g/mol. The second-order valence-corrected chi connectivity index (χ2v) is 7.41. The maximum absolute atomic E-state index is 12.3. The van der Waals surface area contributed by atoms with E-state index in [9.17, 15) is 13.5 Å². The number of hydrogen-bond acceptors (Lipinski definition) is 3. The Morgan fingerprint density at radius 2 is 2.06 bits per heavy atom. The number of nitrogens with zero attached hydrogens (tertiary/aromatic N) is 1. The first-order valence-electron chi connectivity index (χ1n) is 6.91. The van der Waals surface area contributed by atoms with E-state index in [4.69, 9.17) is 0 Å². The summed E-state index contributed by atoms with van der Waals surface area (Å²) < 4.78 is 28.9. The van der Waals surface area contributed by atoms with Crippen molar-refractivity contribution in [2.24, 2.45) is 11.8 Å². The summed E-state index contributed by atoms with van der Waals surface area (Å²) in [7, 11) is -3.37. The molecule has 1 saturated carbocycles. The molecular formula is C12H24N2O3S. The summed E-state index contributed by atoms with van der Waals surface area (Å²) in [6, 6.07) is -0.0859. The van der Waals surface area contributed by atoms with Gasteiger partial charge >= 0.3 is 0 Å². The van der Waals surface area contributed by atoms with Gasteiger partial charge in [-0.15, -0.1) is 0 Å². The molecule has 0 spiro atoms. The van der Waals surface area contributed by atoms with Crippen LogP contribution >= 0.6 is 0 Å². The Balaban J connectivity index is 1.98. The van der Waals surface area contributed by atoms with E-state index < -0.39 is 10.2 Å². The molecule has 6 heteroatoms. The minimum Gasteiger partial charge on any atom is -0.396 e. The smallest absolute Gasteiger partial charge is 0.279 e. The van der Waals surface area contributed by atoms with Crippen molar-refractivity contribution in [3.05, 3.63) is 0 Å². The van der Waals surface area contributed by atoms with E-state index in [1.165, 1.54) is 0 Å². The van der Waals surface area contributed by atoms with Crippen LogP contribution in [0.1, 0.15) is 39.0 Å². The van der Waals surface area contributed by atoms with Crippen molar-refractivity contribution in [1.82, 2.24) is 9.03 Å². The van der Waals surface area contributed by atoms with Crippen molar-refractivity contribution in [2.75, 3.05) is 19.7 Å². The third-order valence-corrected chi connectivity index (χ3v) is 5.77. The van der Waals surface area contributed by atoms with Crippen LogP contribution in [0.4, 0.5) is 0 Å². The lowest BCUT2D eigenvalue weighted by molar-refractivity contribution is 0.211. The first-order chi connectivity index (χ1) is 8.53. The van der Waals surface area contributed by atoms with Crippen molar-refractivity contribution in [3.63, 3.8) is 0 Å². The average Bonchev–Trinajstić information content (AvgIpc) is 2.75. The van der Waals surface area contributed by atoms with Crippen LogP contribution in [0.15, 0.2) is 0 Å². The van der Waals surface area contributed by atoms with Gasteiger partial charge in [-0.25, -0.2) is 0 Å². The van der Waals surface area contributed by atoms with Gasteiger partial charge in [0.15, 0.2) is 0 Å². The van der Waals surface area contributed by atoms with E-state index >= 15 is 0 Å². The van der Waals surface area contributed by atoms with Gasteiger partial charge in [-0.05, 0) is 37.5 Å². The van der Waals surface area contributed by atoms with Crippen LogP contribution in [0.25, 0.3) is 0 Å². The summed E-state index contributed by atoms with van der Waals surface area (Å²) in [5, 5.41) is 9.24. The first kappa shape index (κ1) is 14.2. The normalized spacial score (nSPS) is 34.9. The molecule has 0 radical (unpaired) electrons. The van der Waals surface area contributed by atoms with Crippen molar-refractivity contribution in [1.29, 1.82) is 0 Å². The van der Waals surface area contributed by atoms with Crippen LogP contribution in [-0.4, -0.2) is 43.6 Å². The number of hydrogen-bond donors (Lipinski definition) is 2. The largest absolute Gasteiger partial charge is 0.396 e. The molecule has 2 N–H and O–H groups in total. The summed E-state index contributed by atoms with van der Waals surface area (Å²) in [4.78, 5) is 0. The molecule has 1 saturated heterocycles. The number of aliphatic hydroxyl groups excluding tert-OH is 1. The second-order valence-electron chi connectivity index (χ2n) is 5.71. The van der Waals surface area contributed by atoms with Gasteiger partial charge in [0, 0.05) is 25.7 Å². The highest BCUT2D eigenvalue weighted by Crippen LogP contribution is 2.26. The zero-order valence-corrected chi connectivity index (χ0v) is 11.8. The maximum Gasteiger partial charge on any atom is 0.279 e. The molecule has 0 amide bonds. The summed E-state index contributed by atoms with van der Waals surface area (Å²) in [6.07, 6.45) is 4.80. The Bertz CT molecular complexity index is 372. The molecular weight excluding hydrogens is 252 g/mol. The fourth-order valence-electron chi connectivity index (χ4n) is 3.04. The molecule has 106 valence electrons. The van der Waals surface area contributed by atoms with Crippen LogP contribution in [0.5, 0.6) is 0 Å². The molecule has 1 heterocycles. The third kappa shape index (κ3) is 3.23. The lowest BCUT2D eigenvalue weighted by Gasteiger charge is -2.31. The predicted molar refractivity (Wildman–Crippen MR) is 70.2 cm³/mol. The van der Waals surface area contributed by atoms with Crippen LogP contribution in [0.3, 0.4) is 0 Å². The van der Waals surface area contributed by atoms with Gasteiger partial charge in [-0.1, -0.05) is 13.3 Å². The molecule has 1 aliphatic carbocycles. The Morgan fingerprint density at radius 3 is 2.72 bits per heavy atom. The Labute approximate surface area is 110 Å². The van der Waals surface area contributed by atoms with Gasteiger partial charge in [0.25, 0.3) is 10.2 Å². The van der Waals surface area contributed by atoms with Crippen molar-refractivity contribution < 1.29 is 13.5 Å². The fourth-order valence-corrected chi connectivity index (χ4v) is 4.70. The number of aliphatic hydroxyl groups is 1. The molecule has 2 fully saturated rings. The van der Waals surface area contributed by atoms with E-state index in [0.717, 1.165) is 32.1 Å².